The molecular weight excluding hydrogens is 807 g/mol. The highest BCUT2D eigenvalue weighted by Gasteiger charge is 2.52. The van der Waals surface area contributed by atoms with Crippen molar-refractivity contribution in [3.05, 3.63) is 87.3 Å². The summed E-state index contributed by atoms with van der Waals surface area (Å²) in [7, 11) is -2.36. The summed E-state index contributed by atoms with van der Waals surface area (Å²) in [5.74, 6) is -3.32. The van der Waals surface area contributed by atoms with Crippen LogP contribution in [0, 0.1) is 34.8 Å². The predicted molar refractivity (Wildman–Crippen MR) is 199 cm³/mol. The van der Waals surface area contributed by atoms with Crippen LogP contribution < -0.4 is 15.4 Å². The summed E-state index contributed by atoms with van der Waals surface area (Å²) in [6.45, 7) is 2.79. The van der Waals surface area contributed by atoms with Crippen LogP contribution in [0.15, 0.2) is 53.7 Å². The maximum absolute atomic E-state index is 15.2. The van der Waals surface area contributed by atoms with Gasteiger partial charge in [0.1, 0.15) is 28.6 Å². The Labute approximate surface area is 327 Å². The van der Waals surface area contributed by atoms with Gasteiger partial charge in [0, 0.05) is 35.7 Å². The molecule has 0 bridgehead atoms. The van der Waals surface area contributed by atoms with Crippen LogP contribution in [0.3, 0.4) is 0 Å². The van der Waals surface area contributed by atoms with E-state index in [9.17, 15) is 40.3 Å². The van der Waals surface area contributed by atoms with E-state index in [1.165, 1.54) is 49.8 Å². The van der Waals surface area contributed by atoms with Gasteiger partial charge in [-0.25, -0.2) is 22.2 Å². The summed E-state index contributed by atoms with van der Waals surface area (Å²) in [6.07, 6.45) is -5.53. The van der Waals surface area contributed by atoms with Gasteiger partial charge in [-0.1, -0.05) is 30.5 Å². The van der Waals surface area contributed by atoms with E-state index >= 15 is 8.78 Å². The fourth-order valence-electron chi connectivity index (χ4n) is 6.30. The molecule has 0 aliphatic heterocycles. The first-order valence-corrected chi connectivity index (χ1v) is 19.2. The molecule has 1 amide bonds. The Hall–Kier alpha value is -5.19. The molecule has 1 unspecified atom stereocenters. The number of nitrogens with one attached hydrogen (secondary N) is 4. The maximum atomic E-state index is 15.2. The molecule has 304 valence electrons. The number of aliphatic hydroxyl groups is 1. The molecule has 0 radical (unpaired) electrons. The van der Waals surface area contributed by atoms with Crippen LogP contribution in [0.1, 0.15) is 50.2 Å². The first-order chi connectivity index (χ1) is 26.2. The van der Waals surface area contributed by atoms with Crippen molar-refractivity contribution in [2.75, 3.05) is 17.5 Å². The summed E-state index contributed by atoms with van der Waals surface area (Å²) < 4.78 is 128. The molecule has 5 rings (SSSR count). The average molecular weight is 842 g/mol. The quantitative estimate of drug-likeness (QED) is 0.0649. The van der Waals surface area contributed by atoms with Gasteiger partial charge >= 0.3 is 6.18 Å². The fraction of sp³-hybridized carbons (Fsp3) is 0.351. The molecule has 57 heavy (non-hydrogen) atoms. The average Bonchev–Trinajstić information content (AvgIpc) is 3.51. The number of rotatable bonds is 11. The third-order valence-electron chi connectivity index (χ3n) is 8.73. The normalized spacial score (nSPS) is 16.3. The van der Waals surface area contributed by atoms with Crippen LogP contribution in [0.25, 0.3) is 22.0 Å². The van der Waals surface area contributed by atoms with Crippen molar-refractivity contribution in [2.45, 2.75) is 57.4 Å². The number of carbonyl (C=O) groups excluding carboxylic acids is 1. The Balaban J connectivity index is 1.68. The molecular formula is C37H35ClF7N7O4S. The standard InChI is InChI=1S/C37H35ClF7N7O4S/c1-18-12-25(32(46)37(43,44)45)33(36(18,41)42)47-17-28(53)49-27(15-19-13-20(39)16-21(40)14-19)30-23(7-6-22(48-30)10-11-35(2,3)54)24-8-9-26(38)29-31(24)52(4)50-34(29)51-57(5,55)56/h6-9,13-14,16,18,27,46-47,54H,12,15,17H2,1-5H3,(H,49,53)(H,50,51)/t18?,27-/m0/s1. The highest BCUT2D eigenvalue weighted by Crippen LogP contribution is 2.45. The molecule has 2 aromatic carbocycles. The number of benzene rings is 2. The zero-order valence-electron chi connectivity index (χ0n) is 30.8. The number of allylic oxidation sites excluding steroid dienone is 2. The molecule has 11 nitrogen and oxygen atoms in total. The summed E-state index contributed by atoms with van der Waals surface area (Å²) >= 11 is 6.54. The SMILES string of the molecule is CC1CC(C(=N)C(F)(F)F)=C(NCC(=O)N[C@@H](Cc2cc(F)cc(F)c2)c2nc(C#CC(C)(C)O)ccc2-c2ccc(Cl)c3c(NS(C)(=O)=O)nn(C)c23)C1(F)F. The monoisotopic (exact) mass is 841 g/mol. The number of fused-ring (bicyclic) bond motifs is 1. The van der Waals surface area contributed by atoms with Gasteiger partial charge in [-0.05, 0) is 68.5 Å². The number of aromatic nitrogens is 3. The van der Waals surface area contributed by atoms with Crippen molar-refractivity contribution in [2.24, 2.45) is 13.0 Å². The number of amides is 1. The fourth-order valence-corrected chi connectivity index (χ4v) is 7.03. The van der Waals surface area contributed by atoms with Crippen molar-refractivity contribution in [1.82, 2.24) is 25.4 Å². The lowest BCUT2D eigenvalue weighted by Crippen LogP contribution is -2.41. The molecule has 1 aliphatic rings. The van der Waals surface area contributed by atoms with Gasteiger partial charge in [-0.2, -0.15) is 27.1 Å². The third kappa shape index (κ3) is 9.86. The topological polar surface area (TPSA) is 162 Å². The molecule has 5 N–H and O–H groups in total. The Morgan fingerprint density at radius 1 is 1.12 bits per heavy atom. The number of anilines is 1. The molecule has 0 fully saturated rings. The molecule has 2 atom stereocenters. The summed E-state index contributed by atoms with van der Waals surface area (Å²) in [6, 6.07) is 7.13. The molecule has 2 aromatic heterocycles. The minimum absolute atomic E-state index is 0.00677. The smallest absolute Gasteiger partial charge is 0.378 e. The second-order valence-corrected chi connectivity index (χ2v) is 16.2. The van der Waals surface area contributed by atoms with Gasteiger partial charge < -0.3 is 15.7 Å². The van der Waals surface area contributed by atoms with Gasteiger partial charge in [0.15, 0.2) is 5.82 Å². The van der Waals surface area contributed by atoms with Crippen LogP contribution in [0.4, 0.5) is 36.6 Å². The second-order valence-electron chi connectivity index (χ2n) is 14.0. The van der Waals surface area contributed by atoms with Gasteiger partial charge in [0.2, 0.25) is 15.9 Å². The largest absolute Gasteiger partial charge is 0.433 e. The van der Waals surface area contributed by atoms with Crippen LogP contribution in [-0.4, -0.2) is 70.4 Å². The Morgan fingerprint density at radius 3 is 2.35 bits per heavy atom. The molecule has 20 heteroatoms. The van der Waals surface area contributed by atoms with Gasteiger partial charge in [-0.3, -0.25) is 19.6 Å². The van der Waals surface area contributed by atoms with E-state index < -0.39 is 93.6 Å². The van der Waals surface area contributed by atoms with Gasteiger partial charge in [0.05, 0.1) is 46.2 Å². The van der Waals surface area contributed by atoms with Crippen molar-refractivity contribution in [1.29, 1.82) is 5.41 Å². The Bertz CT molecular complexity index is 2470. The number of hydrogen-bond donors (Lipinski definition) is 5. The van der Waals surface area contributed by atoms with Crippen LogP contribution in [0.2, 0.25) is 5.02 Å². The lowest BCUT2D eigenvalue weighted by atomic mass is 9.93. The van der Waals surface area contributed by atoms with Crippen molar-refractivity contribution >= 4 is 50.0 Å². The summed E-state index contributed by atoms with van der Waals surface area (Å²) in [5.41, 5.74) is -4.94. The molecule has 2 heterocycles. The number of sulfonamides is 1. The summed E-state index contributed by atoms with van der Waals surface area (Å²) in [4.78, 5) is 18.3. The summed E-state index contributed by atoms with van der Waals surface area (Å²) in [5, 5.41) is 27.0. The Kier molecular flexibility index (Phi) is 11.8. The van der Waals surface area contributed by atoms with E-state index in [-0.39, 0.29) is 44.3 Å². The highest BCUT2D eigenvalue weighted by molar-refractivity contribution is 7.92. The van der Waals surface area contributed by atoms with Crippen molar-refractivity contribution in [3.63, 3.8) is 0 Å². The first-order valence-electron chi connectivity index (χ1n) is 16.9. The second kappa shape index (κ2) is 15.6. The number of nitrogens with zero attached hydrogens (tertiary/aromatic N) is 3. The molecule has 1 aliphatic carbocycles. The third-order valence-corrected chi connectivity index (χ3v) is 9.61. The lowest BCUT2D eigenvalue weighted by Gasteiger charge is -2.24. The van der Waals surface area contributed by atoms with E-state index in [0.29, 0.717) is 11.6 Å². The van der Waals surface area contributed by atoms with Gasteiger partial charge in [-0.15, -0.1) is 0 Å². The Morgan fingerprint density at radius 2 is 1.75 bits per heavy atom. The van der Waals surface area contributed by atoms with E-state index in [4.69, 9.17) is 17.0 Å². The molecule has 0 saturated heterocycles. The zero-order chi connectivity index (χ0) is 42.4. The zero-order valence-corrected chi connectivity index (χ0v) is 32.3. The molecule has 0 spiro atoms. The van der Waals surface area contributed by atoms with Crippen LogP contribution >= 0.6 is 11.6 Å². The van der Waals surface area contributed by atoms with Crippen molar-refractivity contribution in [3.8, 4) is 23.0 Å². The minimum atomic E-state index is -5.25. The minimum Gasteiger partial charge on any atom is -0.378 e. The van der Waals surface area contributed by atoms with E-state index in [1.54, 1.807) is 0 Å². The van der Waals surface area contributed by atoms with E-state index in [2.05, 4.69) is 37.3 Å². The highest BCUT2D eigenvalue weighted by atomic mass is 35.5. The van der Waals surface area contributed by atoms with E-state index in [0.717, 1.165) is 25.3 Å². The number of aryl methyl sites for hydroxylation is 1. The number of alkyl halides is 5. The number of carbonyl (C=O) groups is 1. The lowest BCUT2D eigenvalue weighted by molar-refractivity contribution is -0.121. The molecule has 0 saturated carbocycles. The van der Waals surface area contributed by atoms with Crippen molar-refractivity contribution < 1.29 is 49.1 Å². The first kappa shape index (κ1) is 42.9. The number of hydrogen-bond acceptors (Lipinski definition) is 8. The van der Waals surface area contributed by atoms with Gasteiger partial charge in [0.25, 0.3) is 5.92 Å². The molecule has 4 aromatic rings. The number of pyridine rings is 1. The van der Waals surface area contributed by atoms with Crippen LogP contribution in [0.5, 0.6) is 0 Å². The number of halogens is 8. The van der Waals surface area contributed by atoms with Crippen LogP contribution in [-0.2, 0) is 28.3 Å². The maximum Gasteiger partial charge on any atom is 0.433 e. The predicted octanol–water partition coefficient (Wildman–Crippen LogP) is 6.56. The van der Waals surface area contributed by atoms with E-state index in [1.807, 2.05) is 0 Å².